The number of halogens is 3. The molecule has 1 atom stereocenters. The highest BCUT2D eigenvalue weighted by Crippen LogP contribution is 2.35. The Morgan fingerprint density at radius 2 is 1.71 bits per heavy atom. The Morgan fingerprint density at radius 1 is 1.00 bits per heavy atom. The summed E-state index contributed by atoms with van der Waals surface area (Å²) in [6.07, 6.45) is -1.15. The van der Waals surface area contributed by atoms with Gasteiger partial charge in [-0.05, 0) is 42.0 Å². The molecule has 10 heteroatoms. The van der Waals surface area contributed by atoms with Crippen LogP contribution in [0.3, 0.4) is 0 Å². The van der Waals surface area contributed by atoms with Gasteiger partial charge in [0.2, 0.25) is 5.91 Å². The molecule has 4 rings (SSSR count). The SMILES string of the molecule is O=C(N[C@@]1(C(=O)NCc2ccc(Nc3ccccc3C(F)(F)F)cc2)CCOC1)c1ccncc1. The second kappa shape index (κ2) is 10.1. The molecule has 2 heterocycles. The molecule has 0 spiro atoms. The predicted molar refractivity (Wildman–Crippen MR) is 123 cm³/mol. The molecule has 2 amide bonds. The highest BCUT2D eigenvalue weighted by atomic mass is 19.4. The molecule has 0 unspecified atom stereocenters. The average Bonchev–Trinajstić information content (AvgIpc) is 3.33. The van der Waals surface area contributed by atoms with E-state index in [4.69, 9.17) is 4.74 Å². The number of ether oxygens (including phenoxy) is 1. The lowest BCUT2D eigenvalue weighted by Crippen LogP contribution is -2.59. The molecule has 3 aromatic rings. The summed E-state index contributed by atoms with van der Waals surface area (Å²) < 4.78 is 45.0. The first kappa shape index (κ1) is 24.2. The van der Waals surface area contributed by atoms with Crippen molar-refractivity contribution in [2.75, 3.05) is 18.5 Å². The van der Waals surface area contributed by atoms with Crippen LogP contribution in [0.5, 0.6) is 0 Å². The third-order valence-electron chi connectivity index (χ3n) is 5.67. The minimum atomic E-state index is -4.47. The summed E-state index contributed by atoms with van der Waals surface area (Å²) in [4.78, 5) is 29.5. The van der Waals surface area contributed by atoms with Crippen molar-refractivity contribution in [3.63, 3.8) is 0 Å². The van der Waals surface area contributed by atoms with Crippen molar-refractivity contribution in [1.82, 2.24) is 15.6 Å². The number of pyridine rings is 1. The minimum absolute atomic E-state index is 0.0471. The number of carbonyl (C=O) groups is 2. The van der Waals surface area contributed by atoms with Crippen LogP contribution in [0.2, 0.25) is 0 Å². The Kier molecular flexibility index (Phi) is 7.02. The van der Waals surface area contributed by atoms with E-state index in [9.17, 15) is 22.8 Å². The van der Waals surface area contributed by atoms with E-state index >= 15 is 0 Å². The Balaban J connectivity index is 1.38. The molecule has 182 valence electrons. The Hall–Kier alpha value is -3.92. The summed E-state index contributed by atoms with van der Waals surface area (Å²) in [5, 5.41) is 8.40. The van der Waals surface area contributed by atoms with Gasteiger partial charge in [-0.15, -0.1) is 0 Å². The second-order valence-electron chi connectivity index (χ2n) is 8.12. The fourth-order valence-electron chi connectivity index (χ4n) is 3.74. The van der Waals surface area contributed by atoms with Crippen LogP contribution in [0.25, 0.3) is 0 Å². The molecule has 0 aliphatic carbocycles. The highest BCUT2D eigenvalue weighted by molar-refractivity contribution is 5.99. The number of carbonyl (C=O) groups excluding carboxylic acids is 2. The van der Waals surface area contributed by atoms with Crippen molar-refractivity contribution >= 4 is 23.2 Å². The Bertz CT molecular complexity index is 1180. The van der Waals surface area contributed by atoms with Crippen molar-refractivity contribution in [2.45, 2.75) is 24.7 Å². The van der Waals surface area contributed by atoms with Gasteiger partial charge in [0.05, 0.1) is 17.9 Å². The van der Waals surface area contributed by atoms with Gasteiger partial charge in [0, 0.05) is 43.2 Å². The molecule has 1 fully saturated rings. The molecule has 7 nitrogen and oxygen atoms in total. The Labute approximate surface area is 199 Å². The molecule has 1 aromatic heterocycles. The van der Waals surface area contributed by atoms with Crippen molar-refractivity contribution in [2.24, 2.45) is 0 Å². The van der Waals surface area contributed by atoms with Gasteiger partial charge < -0.3 is 20.7 Å². The van der Waals surface area contributed by atoms with Gasteiger partial charge in [-0.3, -0.25) is 14.6 Å². The van der Waals surface area contributed by atoms with Gasteiger partial charge in [-0.2, -0.15) is 13.2 Å². The van der Waals surface area contributed by atoms with E-state index in [2.05, 4.69) is 20.9 Å². The van der Waals surface area contributed by atoms with E-state index in [-0.39, 0.29) is 24.7 Å². The number of nitrogens with one attached hydrogen (secondary N) is 3. The largest absolute Gasteiger partial charge is 0.418 e. The molecule has 35 heavy (non-hydrogen) atoms. The summed E-state index contributed by atoms with van der Waals surface area (Å²) in [5.74, 6) is -0.777. The van der Waals surface area contributed by atoms with Crippen LogP contribution in [0.4, 0.5) is 24.5 Å². The number of aromatic nitrogens is 1. The molecule has 0 saturated carbocycles. The van der Waals surface area contributed by atoms with Crippen LogP contribution < -0.4 is 16.0 Å². The number of anilines is 2. The van der Waals surface area contributed by atoms with E-state index < -0.39 is 23.2 Å². The first-order valence-electron chi connectivity index (χ1n) is 10.9. The first-order valence-corrected chi connectivity index (χ1v) is 10.9. The molecular weight excluding hydrogens is 461 g/mol. The Morgan fingerprint density at radius 3 is 2.37 bits per heavy atom. The van der Waals surface area contributed by atoms with Crippen LogP contribution >= 0.6 is 0 Å². The quantitative estimate of drug-likeness (QED) is 0.471. The zero-order valence-corrected chi connectivity index (χ0v) is 18.6. The van der Waals surface area contributed by atoms with E-state index in [1.165, 1.54) is 30.6 Å². The summed E-state index contributed by atoms with van der Waals surface area (Å²) in [7, 11) is 0. The van der Waals surface area contributed by atoms with Crippen LogP contribution in [-0.2, 0) is 22.3 Å². The molecule has 0 radical (unpaired) electrons. The first-order chi connectivity index (χ1) is 16.8. The predicted octanol–water partition coefficient (Wildman–Crippen LogP) is 4.05. The van der Waals surface area contributed by atoms with Crippen molar-refractivity contribution in [3.05, 3.63) is 89.7 Å². The number of amides is 2. The fourth-order valence-corrected chi connectivity index (χ4v) is 3.74. The average molecular weight is 484 g/mol. The molecule has 3 N–H and O–H groups in total. The molecule has 1 aliphatic rings. The number of nitrogens with zero attached hydrogens (tertiary/aromatic N) is 1. The molecule has 1 saturated heterocycles. The lowest BCUT2D eigenvalue weighted by Gasteiger charge is -2.27. The summed E-state index contributed by atoms with van der Waals surface area (Å²) in [6, 6.07) is 15.0. The minimum Gasteiger partial charge on any atom is -0.378 e. The third-order valence-corrected chi connectivity index (χ3v) is 5.67. The van der Waals surface area contributed by atoms with Gasteiger partial charge in [0.15, 0.2) is 0 Å². The van der Waals surface area contributed by atoms with Gasteiger partial charge in [-0.25, -0.2) is 0 Å². The fraction of sp³-hybridized carbons (Fsp3) is 0.240. The number of benzene rings is 2. The lowest BCUT2D eigenvalue weighted by atomic mass is 9.96. The maximum atomic E-state index is 13.2. The lowest BCUT2D eigenvalue weighted by molar-refractivity contribution is -0.137. The third kappa shape index (κ3) is 5.78. The topological polar surface area (TPSA) is 92.4 Å². The van der Waals surface area contributed by atoms with Crippen LogP contribution in [0, 0.1) is 0 Å². The van der Waals surface area contributed by atoms with E-state index in [1.807, 2.05) is 0 Å². The zero-order valence-electron chi connectivity index (χ0n) is 18.6. The number of rotatable bonds is 7. The molecule has 0 bridgehead atoms. The van der Waals surface area contributed by atoms with E-state index in [0.29, 0.717) is 24.3 Å². The summed E-state index contributed by atoms with van der Waals surface area (Å²) >= 11 is 0. The van der Waals surface area contributed by atoms with E-state index in [1.54, 1.807) is 36.4 Å². The van der Waals surface area contributed by atoms with Gasteiger partial charge in [-0.1, -0.05) is 24.3 Å². The number of hydrogen-bond donors (Lipinski definition) is 3. The summed E-state index contributed by atoms with van der Waals surface area (Å²) in [5.41, 5.74) is -0.398. The number of para-hydroxylation sites is 1. The number of alkyl halides is 3. The van der Waals surface area contributed by atoms with E-state index in [0.717, 1.165) is 11.6 Å². The second-order valence-corrected chi connectivity index (χ2v) is 8.12. The normalized spacial score (nSPS) is 17.6. The summed E-state index contributed by atoms with van der Waals surface area (Å²) in [6.45, 7) is 0.562. The smallest absolute Gasteiger partial charge is 0.378 e. The molecular formula is C25H23F3N4O3. The van der Waals surface area contributed by atoms with Crippen LogP contribution in [0.1, 0.15) is 27.9 Å². The number of hydrogen-bond acceptors (Lipinski definition) is 5. The van der Waals surface area contributed by atoms with Crippen molar-refractivity contribution in [3.8, 4) is 0 Å². The highest BCUT2D eigenvalue weighted by Gasteiger charge is 2.43. The van der Waals surface area contributed by atoms with Crippen molar-refractivity contribution < 1.29 is 27.5 Å². The van der Waals surface area contributed by atoms with Crippen molar-refractivity contribution in [1.29, 1.82) is 0 Å². The van der Waals surface area contributed by atoms with Gasteiger partial charge in [0.1, 0.15) is 5.54 Å². The maximum Gasteiger partial charge on any atom is 0.418 e. The van der Waals surface area contributed by atoms with Gasteiger partial charge >= 0.3 is 6.18 Å². The monoisotopic (exact) mass is 484 g/mol. The van der Waals surface area contributed by atoms with Crippen LogP contribution in [0.15, 0.2) is 73.1 Å². The maximum absolute atomic E-state index is 13.2. The van der Waals surface area contributed by atoms with Gasteiger partial charge in [0.25, 0.3) is 5.91 Å². The molecule has 1 aliphatic heterocycles. The zero-order chi connectivity index (χ0) is 24.9. The van der Waals surface area contributed by atoms with Crippen LogP contribution in [-0.4, -0.2) is 35.6 Å². The standard InChI is InChI=1S/C25H23F3N4O3/c26-25(27,28)20-3-1-2-4-21(20)31-19-7-5-17(6-8-19)15-30-23(34)24(11-14-35-16-24)32-22(33)18-9-12-29-13-10-18/h1-10,12-13,31H,11,14-16H2,(H,30,34)(H,32,33)/t24-/m0/s1. The molecule has 2 aromatic carbocycles.